The Bertz CT molecular complexity index is 665. The topological polar surface area (TPSA) is 70.1 Å². The molecule has 1 aromatic rings. The second-order valence-electron chi connectivity index (χ2n) is 6.44. The largest absolute Gasteiger partial charge is 0.503 e. The van der Waals surface area contributed by atoms with Crippen molar-refractivity contribution in [3.8, 4) is 0 Å². The molecule has 0 bridgehead atoms. The zero-order valence-electron chi connectivity index (χ0n) is 14.5. The summed E-state index contributed by atoms with van der Waals surface area (Å²) in [5, 5.41) is 10.2. The van der Waals surface area contributed by atoms with Gasteiger partial charge in [-0.25, -0.2) is 0 Å². The number of Topliss-reactive ketones (excluding diaryl/α,β-unsaturated/α-hetero) is 1. The van der Waals surface area contributed by atoms with Crippen LogP contribution in [0.15, 0.2) is 41.7 Å². The summed E-state index contributed by atoms with van der Waals surface area (Å²) in [6, 6.07) is 8.90. The number of ether oxygens (including phenoxy) is 1. The molecule has 0 aromatic heterocycles. The van der Waals surface area contributed by atoms with Crippen LogP contribution in [-0.2, 0) is 14.3 Å². The van der Waals surface area contributed by atoms with Crippen LogP contribution in [0.25, 0.3) is 0 Å². The van der Waals surface area contributed by atoms with Gasteiger partial charge in [-0.15, -0.1) is 0 Å². The molecule has 2 aliphatic heterocycles. The molecular formula is C19H24N2O4. The molecule has 134 valence electrons. The van der Waals surface area contributed by atoms with Gasteiger partial charge in [0, 0.05) is 26.2 Å². The van der Waals surface area contributed by atoms with Crippen molar-refractivity contribution >= 4 is 11.7 Å². The lowest BCUT2D eigenvalue weighted by Crippen LogP contribution is -2.39. The molecule has 3 rings (SSSR count). The number of carbonyl (C=O) groups is 2. The number of morpholine rings is 1. The molecule has 1 N–H and O–H groups in total. The molecule has 0 saturated carbocycles. The molecule has 1 fully saturated rings. The average Bonchev–Trinajstić information content (AvgIpc) is 2.88. The fourth-order valence-electron chi connectivity index (χ4n) is 3.52. The van der Waals surface area contributed by atoms with Crippen molar-refractivity contribution in [1.82, 2.24) is 9.80 Å². The van der Waals surface area contributed by atoms with E-state index in [4.69, 9.17) is 4.74 Å². The third-order valence-corrected chi connectivity index (χ3v) is 4.78. The molecule has 0 aliphatic carbocycles. The number of hydrogen-bond donors (Lipinski definition) is 1. The molecule has 0 radical (unpaired) electrons. The van der Waals surface area contributed by atoms with E-state index >= 15 is 0 Å². The minimum absolute atomic E-state index is 0.197. The number of rotatable bonds is 6. The zero-order valence-corrected chi connectivity index (χ0v) is 14.5. The van der Waals surface area contributed by atoms with Crippen molar-refractivity contribution in [2.45, 2.75) is 19.4 Å². The van der Waals surface area contributed by atoms with Crippen LogP contribution in [-0.4, -0.2) is 66.0 Å². The summed E-state index contributed by atoms with van der Waals surface area (Å²) in [4.78, 5) is 28.5. The van der Waals surface area contributed by atoms with E-state index in [1.807, 2.05) is 30.3 Å². The van der Waals surface area contributed by atoms with Crippen molar-refractivity contribution in [2.24, 2.45) is 0 Å². The van der Waals surface area contributed by atoms with E-state index in [1.165, 1.54) is 6.92 Å². The summed E-state index contributed by atoms with van der Waals surface area (Å²) < 4.78 is 5.34. The predicted octanol–water partition coefficient (Wildman–Crippen LogP) is 1.69. The molecule has 25 heavy (non-hydrogen) atoms. The van der Waals surface area contributed by atoms with Crippen LogP contribution >= 0.6 is 0 Å². The maximum atomic E-state index is 12.5. The first kappa shape index (κ1) is 17.6. The van der Waals surface area contributed by atoms with Crippen LogP contribution < -0.4 is 0 Å². The van der Waals surface area contributed by atoms with E-state index in [-0.39, 0.29) is 11.4 Å². The Balaban J connectivity index is 1.74. The summed E-state index contributed by atoms with van der Waals surface area (Å²) in [7, 11) is 0. The smallest absolute Gasteiger partial charge is 0.290 e. The minimum atomic E-state index is -0.504. The Labute approximate surface area is 147 Å². The van der Waals surface area contributed by atoms with Gasteiger partial charge in [0.15, 0.2) is 11.5 Å². The van der Waals surface area contributed by atoms with Crippen LogP contribution in [0, 0.1) is 0 Å². The van der Waals surface area contributed by atoms with E-state index in [2.05, 4.69) is 4.90 Å². The first-order chi connectivity index (χ1) is 12.1. The normalized spacial score (nSPS) is 21.9. The zero-order chi connectivity index (χ0) is 17.8. The van der Waals surface area contributed by atoms with Crippen molar-refractivity contribution in [1.29, 1.82) is 0 Å². The molecular weight excluding hydrogens is 320 g/mol. The second-order valence-corrected chi connectivity index (χ2v) is 6.44. The quantitative estimate of drug-likeness (QED) is 0.850. The molecule has 2 aliphatic rings. The van der Waals surface area contributed by atoms with E-state index < -0.39 is 17.7 Å². The third-order valence-electron chi connectivity index (χ3n) is 4.78. The Morgan fingerprint density at radius 1 is 1.20 bits per heavy atom. The summed E-state index contributed by atoms with van der Waals surface area (Å²) in [5.41, 5.74) is 1.04. The van der Waals surface area contributed by atoms with Crippen LogP contribution in [0.3, 0.4) is 0 Å². The van der Waals surface area contributed by atoms with Gasteiger partial charge in [-0.3, -0.25) is 14.5 Å². The van der Waals surface area contributed by atoms with Gasteiger partial charge in [-0.1, -0.05) is 30.3 Å². The SMILES string of the molecule is CC(=O)C1=C(O)C(=O)N(CCCN2CCOCC2)[C@H]1c1ccccc1. The standard InChI is InChI=1S/C19H24N2O4/c1-14(22)16-17(15-6-3-2-4-7-15)21(19(24)18(16)23)9-5-8-20-10-12-25-13-11-20/h2-4,6-7,17,23H,5,8-13H2,1H3/t17-/m0/s1. The highest BCUT2D eigenvalue weighted by atomic mass is 16.5. The number of aliphatic hydroxyl groups excluding tert-OH is 1. The Morgan fingerprint density at radius 2 is 1.88 bits per heavy atom. The van der Waals surface area contributed by atoms with Gasteiger partial charge in [-0.05, 0) is 18.9 Å². The van der Waals surface area contributed by atoms with Crippen molar-refractivity contribution in [3.05, 3.63) is 47.2 Å². The third kappa shape index (κ3) is 3.75. The highest BCUT2D eigenvalue weighted by Gasteiger charge is 2.41. The van der Waals surface area contributed by atoms with Crippen LogP contribution in [0.1, 0.15) is 24.9 Å². The first-order valence-electron chi connectivity index (χ1n) is 8.69. The van der Waals surface area contributed by atoms with E-state index in [0.717, 1.165) is 44.8 Å². The van der Waals surface area contributed by atoms with Crippen LogP contribution in [0.2, 0.25) is 0 Å². The van der Waals surface area contributed by atoms with Crippen molar-refractivity contribution in [3.63, 3.8) is 0 Å². The van der Waals surface area contributed by atoms with Gasteiger partial charge < -0.3 is 14.7 Å². The van der Waals surface area contributed by atoms with Crippen LogP contribution in [0.4, 0.5) is 0 Å². The number of hydrogen-bond acceptors (Lipinski definition) is 5. The molecule has 6 nitrogen and oxygen atoms in total. The van der Waals surface area contributed by atoms with Gasteiger partial charge in [0.1, 0.15) is 0 Å². The lowest BCUT2D eigenvalue weighted by molar-refractivity contribution is -0.129. The summed E-state index contributed by atoms with van der Waals surface area (Å²) in [5.74, 6) is -1.14. The van der Waals surface area contributed by atoms with Crippen molar-refractivity contribution in [2.75, 3.05) is 39.4 Å². The van der Waals surface area contributed by atoms with E-state index in [9.17, 15) is 14.7 Å². The second kappa shape index (κ2) is 7.80. The Hall–Kier alpha value is -2.18. The number of carbonyl (C=O) groups excluding carboxylic acids is 2. The maximum Gasteiger partial charge on any atom is 0.290 e. The number of aliphatic hydroxyl groups is 1. The minimum Gasteiger partial charge on any atom is -0.503 e. The highest BCUT2D eigenvalue weighted by molar-refractivity contribution is 6.08. The molecule has 2 heterocycles. The van der Waals surface area contributed by atoms with Gasteiger partial charge in [0.25, 0.3) is 5.91 Å². The molecule has 1 atom stereocenters. The summed E-state index contributed by atoms with van der Waals surface area (Å²) in [6.45, 7) is 6.04. The Kier molecular flexibility index (Phi) is 5.50. The number of ketones is 1. The average molecular weight is 344 g/mol. The van der Waals surface area contributed by atoms with Gasteiger partial charge in [0.05, 0.1) is 24.8 Å². The number of benzene rings is 1. The van der Waals surface area contributed by atoms with Gasteiger partial charge in [-0.2, -0.15) is 0 Å². The van der Waals surface area contributed by atoms with E-state index in [0.29, 0.717) is 6.54 Å². The molecule has 1 aromatic carbocycles. The monoisotopic (exact) mass is 344 g/mol. The van der Waals surface area contributed by atoms with Gasteiger partial charge >= 0.3 is 0 Å². The fourth-order valence-corrected chi connectivity index (χ4v) is 3.52. The molecule has 1 saturated heterocycles. The van der Waals surface area contributed by atoms with Crippen molar-refractivity contribution < 1.29 is 19.4 Å². The Morgan fingerprint density at radius 3 is 2.52 bits per heavy atom. The number of nitrogens with zero attached hydrogens (tertiary/aromatic N) is 2. The van der Waals surface area contributed by atoms with Gasteiger partial charge in [0.2, 0.25) is 0 Å². The fraction of sp³-hybridized carbons (Fsp3) is 0.474. The highest BCUT2D eigenvalue weighted by Crippen LogP contribution is 2.37. The molecule has 6 heteroatoms. The molecule has 0 unspecified atom stereocenters. The lowest BCUT2D eigenvalue weighted by atomic mass is 9.97. The number of amides is 1. The maximum absolute atomic E-state index is 12.5. The summed E-state index contributed by atoms with van der Waals surface area (Å²) in [6.07, 6.45) is 0.785. The van der Waals surface area contributed by atoms with E-state index in [1.54, 1.807) is 4.90 Å². The molecule has 1 amide bonds. The van der Waals surface area contributed by atoms with Crippen LogP contribution in [0.5, 0.6) is 0 Å². The molecule has 0 spiro atoms. The summed E-state index contributed by atoms with van der Waals surface area (Å²) >= 11 is 0. The lowest BCUT2D eigenvalue weighted by Gasteiger charge is -2.29. The predicted molar refractivity (Wildman–Crippen MR) is 93.1 cm³/mol. The first-order valence-corrected chi connectivity index (χ1v) is 8.69.